The molecule has 0 aromatic heterocycles. The molecule has 3 rings (SSSR count). The van der Waals surface area contributed by atoms with Gasteiger partial charge in [-0.15, -0.1) is 0 Å². The van der Waals surface area contributed by atoms with Crippen molar-refractivity contribution < 1.29 is 23.9 Å². The fourth-order valence-electron chi connectivity index (χ4n) is 3.24. The molecule has 0 bridgehead atoms. The van der Waals surface area contributed by atoms with Gasteiger partial charge in [0.2, 0.25) is 0 Å². The molecule has 0 unspecified atom stereocenters. The summed E-state index contributed by atoms with van der Waals surface area (Å²) in [5, 5.41) is 0. The lowest BCUT2D eigenvalue weighted by Gasteiger charge is -2.20. The number of rotatable bonds is 7. The van der Waals surface area contributed by atoms with Crippen molar-refractivity contribution in [2.24, 2.45) is 0 Å². The Balaban J connectivity index is 1.61. The molecule has 6 heteroatoms. The van der Waals surface area contributed by atoms with Crippen LogP contribution in [-0.2, 0) is 9.53 Å². The lowest BCUT2D eigenvalue weighted by atomic mass is 9.97. The molecule has 0 fully saturated rings. The predicted octanol–water partition coefficient (Wildman–Crippen LogP) is 3.61. The van der Waals surface area contributed by atoms with Crippen molar-refractivity contribution in [2.75, 3.05) is 6.61 Å². The number of benzene rings is 2. The van der Waals surface area contributed by atoms with Crippen LogP contribution in [0, 0.1) is 0 Å². The Bertz CT molecular complexity index is 928. The summed E-state index contributed by atoms with van der Waals surface area (Å²) in [5.74, 6) is -1.82. The van der Waals surface area contributed by atoms with Gasteiger partial charge in [0.25, 0.3) is 11.8 Å². The summed E-state index contributed by atoms with van der Waals surface area (Å²) in [5.41, 5.74) is 2.10. The predicted molar refractivity (Wildman–Crippen MR) is 107 cm³/mol. The lowest BCUT2D eigenvalue weighted by molar-refractivity contribution is -0.146. The largest absolute Gasteiger partial charge is 0.456 e. The van der Waals surface area contributed by atoms with Crippen LogP contribution in [-0.4, -0.2) is 41.1 Å². The minimum atomic E-state index is -1.12. The molecule has 0 spiro atoms. The van der Waals surface area contributed by atoms with E-state index in [0.717, 1.165) is 16.9 Å². The number of ketones is 1. The van der Waals surface area contributed by atoms with Crippen LogP contribution in [0.3, 0.4) is 0 Å². The average Bonchev–Trinajstić information content (AvgIpc) is 3.01. The maximum absolute atomic E-state index is 12.5. The highest BCUT2D eigenvalue weighted by molar-refractivity contribution is 6.22. The van der Waals surface area contributed by atoms with Crippen LogP contribution in [0.15, 0.2) is 48.5 Å². The first-order valence-electron chi connectivity index (χ1n) is 9.61. The maximum Gasteiger partial charge on any atom is 0.329 e. The van der Waals surface area contributed by atoms with Gasteiger partial charge in [-0.2, -0.15) is 0 Å². The Morgan fingerprint density at radius 2 is 1.48 bits per heavy atom. The Morgan fingerprint density at radius 1 is 0.931 bits per heavy atom. The van der Waals surface area contributed by atoms with Crippen LogP contribution in [0.5, 0.6) is 0 Å². The number of carbonyl (C=O) groups excluding carboxylic acids is 4. The summed E-state index contributed by atoms with van der Waals surface area (Å²) in [6, 6.07) is 12.5. The minimum absolute atomic E-state index is 0.259. The van der Waals surface area contributed by atoms with Crippen LogP contribution in [0.2, 0.25) is 0 Å². The Morgan fingerprint density at radius 3 is 2.00 bits per heavy atom. The zero-order valence-corrected chi connectivity index (χ0v) is 16.7. The maximum atomic E-state index is 12.5. The summed E-state index contributed by atoms with van der Waals surface area (Å²) in [6.45, 7) is 5.17. The van der Waals surface area contributed by atoms with E-state index in [1.807, 2.05) is 12.1 Å². The number of nitrogens with zero attached hydrogens (tertiary/aromatic N) is 1. The molecule has 2 atom stereocenters. The summed E-state index contributed by atoms with van der Waals surface area (Å²) >= 11 is 0. The standard InChI is InChI=1S/C23H23NO5/c1-4-14(2)16-9-11-17(12-10-16)20(25)13-29-23(28)15(3)24-21(26)18-7-5-6-8-19(18)22(24)27/h5-12,14-15H,4,13H2,1-3H3/t14-,15-/m0/s1. The van der Waals surface area contributed by atoms with E-state index in [9.17, 15) is 19.2 Å². The van der Waals surface area contributed by atoms with Crippen molar-refractivity contribution in [3.05, 3.63) is 70.8 Å². The first kappa shape index (κ1) is 20.5. The zero-order valence-electron chi connectivity index (χ0n) is 16.7. The van der Waals surface area contributed by atoms with Gasteiger partial charge in [0.05, 0.1) is 11.1 Å². The third-order valence-electron chi connectivity index (χ3n) is 5.31. The molecule has 6 nitrogen and oxygen atoms in total. The zero-order chi connectivity index (χ0) is 21.1. The Hall–Kier alpha value is -3.28. The molecule has 1 heterocycles. The number of hydrogen-bond acceptors (Lipinski definition) is 5. The Labute approximate surface area is 169 Å². The smallest absolute Gasteiger partial charge is 0.329 e. The van der Waals surface area contributed by atoms with Crippen LogP contribution < -0.4 is 0 Å². The first-order chi connectivity index (χ1) is 13.8. The molecule has 2 amide bonds. The highest BCUT2D eigenvalue weighted by Gasteiger charge is 2.41. The number of Topliss-reactive ketones (excluding diaryl/α,β-unsaturated/α-hetero) is 1. The van der Waals surface area contributed by atoms with E-state index in [4.69, 9.17) is 4.74 Å². The quantitative estimate of drug-likeness (QED) is 0.408. The van der Waals surface area contributed by atoms with Gasteiger partial charge in [0.1, 0.15) is 6.04 Å². The number of hydrogen-bond donors (Lipinski definition) is 0. The van der Waals surface area contributed by atoms with Gasteiger partial charge in [0, 0.05) is 5.56 Å². The average molecular weight is 393 g/mol. The van der Waals surface area contributed by atoms with Crippen molar-refractivity contribution in [1.29, 1.82) is 0 Å². The third-order valence-corrected chi connectivity index (χ3v) is 5.31. The van der Waals surface area contributed by atoms with Crippen molar-refractivity contribution in [3.8, 4) is 0 Å². The summed E-state index contributed by atoms with van der Waals surface area (Å²) in [7, 11) is 0. The van der Waals surface area contributed by atoms with Gasteiger partial charge < -0.3 is 4.74 Å². The monoisotopic (exact) mass is 393 g/mol. The van der Waals surface area contributed by atoms with Crippen molar-refractivity contribution >= 4 is 23.6 Å². The highest BCUT2D eigenvalue weighted by Crippen LogP contribution is 2.25. The SMILES string of the molecule is CC[C@H](C)c1ccc(C(=O)COC(=O)[C@H](C)N2C(=O)c3ccccc3C2=O)cc1. The molecule has 0 radical (unpaired) electrons. The third kappa shape index (κ3) is 3.97. The van der Waals surface area contributed by atoms with Crippen LogP contribution >= 0.6 is 0 Å². The fraction of sp³-hybridized carbons (Fsp3) is 0.304. The molecule has 0 N–H and O–H groups in total. The molecule has 2 aromatic rings. The second-order valence-electron chi connectivity index (χ2n) is 7.16. The van der Waals surface area contributed by atoms with Gasteiger partial charge in [-0.3, -0.25) is 19.3 Å². The van der Waals surface area contributed by atoms with E-state index >= 15 is 0 Å². The van der Waals surface area contributed by atoms with Gasteiger partial charge >= 0.3 is 5.97 Å². The normalized spacial score (nSPS) is 15.1. The lowest BCUT2D eigenvalue weighted by Crippen LogP contribution is -2.44. The summed E-state index contributed by atoms with van der Waals surface area (Å²) in [4.78, 5) is 50.5. The van der Waals surface area contributed by atoms with E-state index in [0.29, 0.717) is 11.5 Å². The summed E-state index contributed by atoms with van der Waals surface area (Å²) < 4.78 is 5.09. The number of amides is 2. The van der Waals surface area contributed by atoms with E-state index in [2.05, 4.69) is 13.8 Å². The van der Waals surface area contributed by atoms with Crippen LogP contribution in [0.4, 0.5) is 0 Å². The molecule has 1 aliphatic rings. The second-order valence-corrected chi connectivity index (χ2v) is 7.16. The molecule has 2 aromatic carbocycles. The number of ether oxygens (including phenoxy) is 1. The molecule has 0 saturated heterocycles. The van der Waals surface area contributed by atoms with Gasteiger partial charge in [-0.05, 0) is 37.0 Å². The molecular formula is C23H23NO5. The van der Waals surface area contributed by atoms with Gasteiger partial charge in [-0.1, -0.05) is 50.2 Å². The first-order valence-corrected chi connectivity index (χ1v) is 9.61. The molecular weight excluding hydrogens is 370 g/mol. The van der Waals surface area contributed by atoms with Crippen LogP contribution in [0.25, 0.3) is 0 Å². The number of esters is 1. The summed E-state index contributed by atoms with van der Waals surface area (Å²) in [6.07, 6.45) is 1.00. The van der Waals surface area contributed by atoms with Crippen molar-refractivity contribution in [3.63, 3.8) is 0 Å². The number of carbonyl (C=O) groups is 4. The minimum Gasteiger partial charge on any atom is -0.456 e. The topological polar surface area (TPSA) is 80.8 Å². The molecule has 0 aliphatic carbocycles. The van der Waals surface area contributed by atoms with E-state index < -0.39 is 30.4 Å². The molecule has 0 saturated carbocycles. The number of fused-ring (bicyclic) bond motifs is 1. The Kier molecular flexibility index (Phi) is 5.92. The highest BCUT2D eigenvalue weighted by atomic mass is 16.5. The second kappa shape index (κ2) is 8.39. The molecule has 1 aliphatic heterocycles. The molecule has 150 valence electrons. The van der Waals surface area contributed by atoms with E-state index in [1.165, 1.54) is 6.92 Å². The van der Waals surface area contributed by atoms with Crippen molar-refractivity contribution in [2.45, 2.75) is 39.2 Å². The van der Waals surface area contributed by atoms with E-state index in [-0.39, 0.29) is 16.9 Å². The van der Waals surface area contributed by atoms with Gasteiger partial charge in [0.15, 0.2) is 12.4 Å². The molecule has 29 heavy (non-hydrogen) atoms. The van der Waals surface area contributed by atoms with E-state index in [1.54, 1.807) is 36.4 Å². The number of imide groups is 1. The van der Waals surface area contributed by atoms with Crippen molar-refractivity contribution in [1.82, 2.24) is 4.90 Å². The van der Waals surface area contributed by atoms with Gasteiger partial charge in [-0.25, -0.2) is 4.79 Å². The van der Waals surface area contributed by atoms with Crippen LogP contribution in [0.1, 0.15) is 69.7 Å². The fourth-order valence-corrected chi connectivity index (χ4v) is 3.24.